The molecule has 238 valence electrons. The summed E-state index contributed by atoms with van der Waals surface area (Å²) in [6.45, 7) is 9.63. The van der Waals surface area contributed by atoms with Crippen LogP contribution in [0.5, 0.6) is 0 Å². The van der Waals surface area contributed by atoms with E-state index < -0.39 is 35.5 Å². The Balaban J connectivity index is 1.19. The molecule has 0 saturated carbocycles. The quantitative estimate of drug-likeness (QED) is 0.361. The van der Waals surface area contributed by atoms with Gasteiger partial charge < -0.3 is 28.7 Å². The average molecular weight is 622 g/mol. The van der Waals surface area contributed by atoms with Crippen LogP contribution in [0.15, 0.2) is 42.7 Å². The van der Waals surface area contributed by atoms with Gasteiger partial charge in [-0.05, 0) is 63.1 Å². The molecule has 3 aliphatic rings. The second-order valence-corrected chi connectivity index (χ2v) is 12.6. The second-order valence-electron chi connectivity index (χ2n) is 12.6. The van der Waals surface area contributed by atoms with E-state index in [0.717, 1.165) is 11.3 Å². The van der Waals surface area contributed by atoms with Crippen LogP contribution in [-0.2, 0) is 33.8 Å². The molecule has 4 heterocycles. The largest absolute Gasteiger partial charge is 0.464 e. The van der Waals surface area contributed by atoms with E-state index in [1.165, 1.54) is 17.3 Å². The molecule has 2 aromatic carbocycles. The fourth-order valence-corrected chi connectivity index (χ4v) is 6.22. The second kappa shape index (κ2) is 11.8. The number of nitrogens with zero attached hydrogens (tertiary/aromatic N) is 5. The van der Waals surface area contributed by atoms with E-state index in [1.807, 2.05) is 45.0 Å². The highest BCUT2D eigenvalue weighted by molar-refractivity contribution is 6.02. The van der Waals surface area contributed by atoms with Crippen LogP contribution in [0.1, 0.15) is 61.0 Å². The first-order valence-corrected chi connectivity index (χ1v) is 15.2. The molecule has 1 saturated heterocycles. The number of anilines is 1. The highest BCUT2D eigenvalue weighted by atomic mass is 19.1. The van der Waals surface area contributed by atoms with E-state index in [4.69, 9.17) is 9.47 Å². The molecule has 0 radical (unpaired) electrons. The third kappa shape index (κ3) is 5.97. The lowest BCUT2D eigenvalue weighted by molar-refractivity contribution is -0.149. The summed E-state index contributed by atoms with van der Waals surface area (Å²) < 4.78 is 42.2. The smallest absolute Gasteiger partial charge is 0.410 e. The van der Waals surface area contributed by atoms with Crippen molar-refractivity contribution in [1.29, 1.82) is 0 Å². The van der Waals surface area contributed by atoms with E-state index in [1.54, 1.807) is 22.5 Å². The number of alkyl halides is 1. The summed E-state index contributed by atoms with van der Waals surface area (Å²) in [5.41, 5.74) is 2.83. The van der Waals surface area contributed by atoms with Crippen molar-refractivity contribution >= 4 is 23.7 Å². The van der Waals surface area contributed by atoms with Gasteiger partial charge in [0.1, 0.15) is 17.6 Å². The summed E-state index contributed by atoms with van der Waals surface area (Å²) >= 11 is 0. The van der Waals surface area contributed by atoms with Gasteiger partial charge in [0.2, 0.25) is 0 Å². The predicted molar refractivity (Wildman–Crippen MR) is 162 cm³/mol. The van der Waals surface area contributed by atoms with Crippen molar-refractivity contribution in [2.75, 3.05) is 37.7 Å². The molecule has 45 heavy (non-hydrogen) atoms. The topological polar surface area (TPSA) is 97.2 Å². The van der Waals surface area contributed by atoms with Gasteiger partial charge in [-0.25, -0.2) is 23.4 Å². The zero-order valence-corrected chi connectivity index (χ0v) is 25.9. The fraction of sp³-hybridized carbons (Fsp3) is 0.455. The number of hydrogen-bond donors (Lipinski definition) is 0. The van der Waals surface area contributed by atoms with Gasteiger partial charge in [-0.15, -0.1) is 0 Å². The number of carbonyl (C=O) groups excluding carboxylic acids is 3. The first kappa shape index (κ1) is 30.5. The number of carbonyl (C=O) groups is 3. The van der Waals surface area contributed by atoms with Crippen molar-refractivity contribution in [1.82, 2.24) is 19.4 Å². The fourth-order valence-electron chi connectivity index (χ4n) is 6.22. The molecule has 0 bridgehead atoms. The van der Waals surface area contributed by atoms with Crippen LogP contribution >= 0.6 is 0 Å². The number of amides is 2. The maximum Gasteiger partial charge on any atom is 0.410 e. The number of ether oxygens (including phenoxy) is 2. The molecular formula is C33H37F2N5O5. The Morgan fingerprint density at radius 2 is 1.78 bits per heavy atom. The van der Waals surface area contributed by atoms with Gasteiger partial charge in [0, 0.05) is 55.1 Å². The van der Waals surface area contributed by atoms with Crippen LogP contribution in [0, 0.1) is 5.82 Å². The third-order valence-corrected chi connectivity index (χ3v) is 8.38. The number of aromatic nitrogens is 2. The zero-order valence-electron chi connectivity index (χ0n) is 25.9. The van der Waals surface area contributed by atoms with E-state index >= 15 is 4.39 Å². The Labute approximate surface area is 260 Å². The minimum Gasteiger partial charge on any atom is -0.464 e. The van der Waals surface area contributed by atoms with Crippen molar-refractivity contribution in [3.63, 3.8) is 0 Å². The molecule has 10 nitrogen and oxygen atoms in total. The van der Waals surface area contributed by atoms with E-state index in [0.29, 0.717) is 37.4 Å². The first-order valence-electron chi connectivity index (χ1n) is 15.2. The summed E-state index contributed by atoms with van der Waals surface area (Å²) in [6, 6.07) is 9.44. The Bertz CT molecular complexity index is 1630. The molecule has 2 atom stereocenters. The van der Waals surface area contributed by atoms with Gasteiger partial charge in [0.25, 0.3) is 5.91 Å². The maximum absolute atomic E-state index is 15.6. The van der Waals surface area contributed by atoms with Crippen LogP contribution in [0.4, 0.5) is 19.3 Å². The summed E-state index contributed by atoms with van der Waals surface area (Å²) in [6.07, 6.45) is 0.117. The van der Waals surface area contributed by atoms with Crippen molar-refractivity contribution in [2.24, 2.45) is 0 Å². The molecule has 0 aliphatic carbocycles. The lowest BCUT2D eigenvalue weighted by atomic mass is 9.99. The SMILES string of the molecule is CCOC(=O)C(c1ncn2c1C[C@@H](F)C2)N1Cc2c(F)cc(-c3ccc(N4CCN(C(=O)OC(C)(C)C)CC4)cc3)cc2C1=O. The van der Waals surface area contributed by atoms with Gasteiger partial charge in [0.15, 0.2) is 6.04 Å². The zero-order chi connectivity index (χ0) is 32.0. The molecule has 2 amide bonds. The number of rotatable bonds is 6. The van der Waals surface area contributed by atoms with Gasteiger partial charge in [-0.3, -0.25) is 4.79 Å². The number of hydrogen-bond acceptors (Lipinski definition) is 7. The predicted octanol–water partition coefficient (Wildman–Crippen LogP) is 4.90. The van der Waals surface area contributed by atoms with Crippen molar-refractivity contribution in [3.8, 4) is 11.1 Å². The van der Waals surface area contributed by atoms with E-state index in [-0.39, 0.29) is 49.0 Å². The first-order chi connectivity index (χ1) is 21.4. The number of imidazole rings is 1. The van der Waals surface area contributed by atoms with Gasteiger partial charge in [-0.2, -0.15) is 0 Å². The normalized spacial score (nSPS) is 18.6. The molecule has 3 aliphatic heterocycles. The van der Waals surface area contributed by atoms with Crippen molar-refractivity contribution in [3.05, 3.63) is 71.1 Å². The number of halogens is 2. The summed E-state index contributed by atoms with van der Waals surface area (Å²) in [7, 11) is 0. The van der Waals surface area contributed by atoms with Crippen molar-refractivity contribution < 1.29 is 32.6 Å². The lowest BCUT2D eigenvalue weighted by Crippen LogP contribution is -2.50. The van der Waals surface area contributed by atoms with Gasteiger partial charge in [-0.1, -0.05) is 12.1 Å². The average Bonchev–Trinajstić information content (AvgIpc) is 3.66. The molecule has 1 unspecified atom stereocenters. The maximum atomic E-state index is 15.6. The number of fused-ring (bicyclic) bond motifs is 2. The lowest BCUT2D eigenvalue weighted by Gasteiger charge is -2.36. The van der Waals surface area contributed by atoms with Crippen LogP contribution in [0.3, 0.4) is 0 Å². The van der Waals surface area contributed by atoms with E-state index in [9.17, 15) is 18.8 Å². The Morgan fingerprint density at radius 1 is 1.07 bits per heavy atom. The van der Waals surface area contributed by atoms with Crippen LogP contribution in [0.2, 0.25) is 0 Å². The summed E-state index contributed by atoms with van der Waals surface area (Å²) in [5, 5.41) is 0. The monoisotopic (exact) mass is 621 g/mol. The number of esters is 1. The Hall–Kier alpha value is -4.48. The molecule has 0 N–H and O–H groups in total. The molecule has 1 aromatic heterocycles. The Morgan fingerprint density at radius 3 is 2.44 bits per heavy atom. The molecule has 12 heteroatoms. The molecule has 6 rings (SSSR count). The molecular weight excluding hydrogens is 584 g/mol. The highest BCUT2D eigenvalue weighted by Crippen LogP contribution is 2.38. The highest BCUT2D eigenvalue weighted by Gasteiger charge is 2.43. The van der Waals surface area contributed by atoms with Gasteiger partial charge >= 0.3 is 12.1 Å². The molecule has 1 fully saturated rings. The number of benzene rings is 2. The third-order valence-electron chi connectivity index (χ3n) is 8.38. The van der Waals surface area contributed by atoms with Crippen LogP contribution in [-0.4, -0.2) is 81.9 Å². The van der Waals surface area contributed by atoms with Crippen molar-refractivity contribution in [2.45, 2.75) is 65.0 Å². The summed E-state index contributed by atoms with van der Waals surface area (Å²) in [4.78, 5) is 48.8. The number of piperazine rings is 1. The van der Waals surface area contributed by atoms with Crippen LogP contribution < -0.4 is 4.90 Å². The van der Waals surface area contributed by atoms with Gasteiger partial charge in [0.05, 0.1) is 31.7 Å². The van der Waals surface area contributed by atoms with E-state index in [2.05, 4.69) is 9.88 Å². The minimum absolute atomic E-state index is 0.0775. The standard InChI is InChI=1S/C33H37F2N5O5/c1-5-44-31(42)29(28-27-16-22(34)17-39(27)19-36-28)40-18-25-24(30(40)41)14-21(15-26(25)35)20-6-8-23(9-7-20)37-10-12-38(13-11-37)32(43)45-33(2,3)4/h6-9,14-15,19,22,29H,5,10-13,16-18H2,1-4H3/t22-,29?/m1/s1. The Kier molecular flexibility index (Phi) is 8.00. The molecule has 0 spiro atoms. The summed E-state index contributed by atoms with van der Waals surface area (Å²) in [5.74, 6) is -1.76. The molecule has 3 aromatic rings. The minimum atomic E-state index is -1.22. The van der Waals surface area contributed by atoms with Crippen LogP contribution in [0.25, 0.3) is 11.1 Å².